The standard InChI is InChI=1S/C11H11FN2S/c1-6-5-9(6)14-8-4-2-3-7(12)10(8)13-11(14)15/h2-4,6,9H,5H2,1H3,(H,13,15). The molecule has 2 aromatic rings. The van der Waals surface area contributed by atoms with E-state index in [9.17, 15) is 4.39 Å². The molecule has 1 fully saturated rings. The molecular weight excluding hydrogens is 211 g/mol. The third-order valence-corrected chi connectivity index (χ3v) is 3.40. The quantitative estimate of drug-likeness (QED) is 0.733. The van der Waals surface area contributed by atoms with Crippen LogP contribution in [0.25, 0.3) is 11.0 Å². The summed E-state index contributed by atoms with van der Waals surface area (Å²) in [4.78, 5) is 2.94. The van der Waals surface area contributed by atoms with E-state index in [1.807, 2.05) is 10.6 Å². The van der Waals surface area contributed by atoms with Crippen molar-refractivity contribution in [1.82, 2.24) is 9.55 Å². The molecule has 2 nitrogen and oxygen atoms in total. The zero-order valence-electron chi connectivity index (χ0n) is 8.33. The van der Waals surface area contributed by atoms with Gasteiger partial charge >= 0.3 is 0 Å². The molecule has 1 aliphatic rings. The van der Waals surface area contributed by atoms with E-state index in [0.29, 0.717) is 22.2 Å². The van der Waals surface area contributed by atoms with E-state index in [0.717, 1.165) is 11.9 Å². The number of benzene rings is 1. The van der Waals surface area contributed by atoms with Crippen LogP contribution in [0.3, 0.4) is 0 Å². The van der Waals surface area contributed by atoms with Gasteiger partial charge in [0.1, 0.15) is 11.3 Å². The Labute approximate surface area is 91.7 Å². The molecule has 0 radical (unpaired) electrons. The molecule has 1 N–H and O–H groups in total. The predicted molar refractivity (Wildman–Crippen MR) is 59.9 cm³/mol. The minimum Gasteiger partial charge on any atom is -0.328 e. The van der Waals surface area contributed by atoms with Gasteiger partial charge in [-0.3, -0.25) is 0 Å². The van der Waals surface area contributed by atoms with Crippen molar-refractivity contribution in [3.05, 3.63) is 28.8 Å². The van der Waals surface area contributed by atoms with Crippen LogP contribution in [0.5, 0.6) is 0 Å². The Balaban J connectivity index is 2.34. The maximum atomic E-state index is 13.5. The van der Waals surface area contributed by atoms with Gasteiger partial charge in [-0.1, -0.05) is 13.0 Å². The lowest BCUT2D eigenvalue weighted by Crippen LogP contribution is -1.94. The predicted octanol–water partition coefficient (Wildman–Crippen LogP) is 3.42. The number of imidazole rings is 1. The SMILES string of the molecule is CC1CC1n1c(=S)[nH]c2c(F)cccc21. The average Bonchev–Trinajstić information content (AvgIpc) is 2.78. The second-order valence-corrected chi connectivity index (χ2v) is 4.60. The first-order valence-corrected chi connectivity index (χ1v) is 5.48. The Morgan fingerprint density at radius 2 is 2.27 bits per heavy atom. The lowest BCUT2D eigenvalue weighted by molar-refractivity contribution is 0.637. The highest BCUT2D eigenvalue weighted by Crippen LogP contribution is 2.44. The monoisotopic (exact) mass is 222 g/mol. The van der Waals surface area contributed by atoms with Crippen LogP contribution in [0, 0.1) is 16.5 Å². The number of H-pyrrole nitrogens is 1. The number of aromatic nitrogens is 2. The van der Waals surface area contributed by atoms with Crippen LogP contribution in [0.15, 0.2) is 18.2 Å². The number of fused-ring (bicyclic) bond motifs is 1. The normalized spacial score (nSPS) is 24.7. The van der Waals surface area contributed by atoms with Crippen LogP contribution in [0.2, 0.25) is 0 Å². The maximum Gasteiger partial charge on any atom is 0.178 e. The summed E-state index contributed by atoms with van der Waals surface area (Å²) in [6, 6.07) is 5.54. The van der Waals surface area contributed by atoms with E-state index in [4.69, 9.17) is 12.2 Å². The smallest absolute Gasteiger partial charge is 0.178 e. The zero-order valence-corrected chi connectivity index (χ0v) is 9.14. The molecule has 4 heteroatoms. The van der Waals surface area contributed by atoms with Crippen LogP contribution in [0.1, 0.15) is 19.4 Å². The van der Waals surface area contributed by atoms with E-state index in [1.54, 1.807) is 6.07 Å². The van der Waals surface area contributed by atoms with E-state index < -0.39 is 0 Å². The largest absolute Gasteiger partial charge is 0.328 e. The molecule has 1 heterocycles. The van der Waals surface area contributed by atoms with Gasteiger partial charge in [-0.2, -0.15) is 0 Å². The maximum absolute atomic E-state index is 13.5. The number of halogens is 1. The molecular formula is C11H11FN2S. The van der Waals surface area contributed by atoms with Crippen LogP contribution >= 0.6 is 12.2 Å². The van der Waals surface area contributed by atoms with Crippen molar-refractivity contribution in [2.45, 2.75) is 19.4 Å². The third-order valence-electron chi connectivity index (χ3n) is 3.10. The van der Waals surface area contributed by atoms with Crippen LogP contribution < -0.4 is 0 Å². The molecule has 1 saturated carbocycles. The molecule has 15 heavy (non-hydrogen) atoms. The number of aromatic amines is 1. The van der Waals surface area contributed by atoms with Crippen molar-refractivity contribution < 1.29 is 4.39 Å². The van der Waals surface area contributed by atoms with E-state index in [-0.39, 0.29) is 5.82 Å². The summed E-state index contributed by atoms with van der Waals surface area (Å²) >= 11 is 5.22. The number of hydrogen-bond acceptors (Lipinski definition) is 1. The number of rotatable bonds is 1. The zero-order chi connectivity index (χ0) is 10.6. The highest BCUT2D eigenvalue weighted by atomic mass is 32.1. The van der Waals surface area contributed by atoms with Gasteiger partial charge in [0.05, 0.1) is 5.52 Å². The van der Waals surface area contributed by atoms with Gasteiger partial charge in [-0.15, -0.1) is 0 Å². The minimum absolute atomic E-state index is 0.231. The fourth-order valence-electron chi connectivity index (χ4n) is 2.11. The van der Waals surface area contributed by atoms with Crippen molar-refractivity contribution in [2.24, 2.45) is 5.92 Å². The summed E-state index contributed by atoms with van der Waals surface area (Å²) in [6.07, 6.45) is 1.14. The molecule has 0 amide bonds. The first-order chi connectivity index (χ1) is 7.18. The summed E-state index contributed by atoms with van der Waals surface area (Å²) in [7, 11) is 0. The lowest BCUT2D eigenvalue weighted by atomic mass is 10.3. The second kappa shape index (κ2) is 2.92. The fourth-order valence-corrected chi connectivity index (χ4v) is 2.44. The van der Waals surface area contributed by atoms with Crippen molar-refractivity contribution in [3.63, 3.8) is 0 Å². The van der Waals surface area contributed by atoms with Gasteiger partial charge in [-0.05, 0) is 36.7 Å². The summed E-state index contributed by atoms with van der Waals surface area (Å²) in [5, 5.41) is 0. The summed E-state index contributed by atoms with van der Waals surface area (Å²) < 4.78 is 16.1. The molecule has 1 aliphatic carbocycles. The average molecular weight is 222 g/mol. The topological polar surface area (TPSA) is 20.7 Å². The molecule has 0 spiro atoms. The highest BCUT2D eigenvalue weighted by Gasteiger charge is 2.35. The number of nitrogens with zero attached hydrogens (tertiary/aromatic N) is 1. The Kier molecular flexibility index (Phi) is 1.77. The Bertz CT molecular complexity index is 584. The van der Waals surface area contributed by atoms with Crippen molar-refractivity contribution in [3.8, 4) is 0 Å². The van der Waals surface area contributed by atoms with E-state index >= 15 is 0 Å². The fraction of sp³-hybridized carbons (Fsp3) is 0.364. The van der Waals surface area contributed by atoms with Gasteiger partial charge in [0.15, 0.2) is 4.77 Å². The molecule has 1 aromatic carbocycles. The molecule has 0 bridgehead atoms. The first kappa shape index (κ1) is 9.09. The molecule has 0 saturated heterocycles. The molecule has 1 aromatic heterocycles. The lowest BCUT2D eigenvalue weighted by Gasteiger charge is -2.01. The van der Waals surface area contributed by atoms with Gasteiger partial charge in [-0.25, -0.2) is 4.39 Å². The third kappa shape index (κ3) is 1.24. The van der Waals surface area contributed by atoms with Gasteiger partial charge in [0.2, 0.25) is 0 Å². The Morgan fingerprint density at radius 1 is 1.53 bits per heavy atom. The number of para-hydroxylation sites is 1. The molecule has 0 aliphatic heterocycles. The van der Waals surface area contributed by atoms with Crippen LogP contribution in [0.4, 0.5) is 4.39 Å². The Hall–Kier alpha value is -1.16. The minimum atomic E-state index is -0.231. The highest BCUT2D eigenvalue weighted by molar-refractivity contribution is 7.71. The molecule has 78 valence electrons. The van der Waals surface area contributed by atoms with Crippen LogP contribution in [-0.4, -0.2) is 9.55 Å². The summed E-state index contributed by atoms with van der Waals surface area (Å²) in [5.74, 6) is 0.421. The number of nitrogens with one attached hydrogen (secondary N) is 1. The van der Waals surface area contributed by atoms with E-state index in [1.165, 1.54) is 6.07 Å². The van der Waals surface area contributed by atoms with Gasteiger partial charge in [0, 0.05) is 6.04 Å². The van der Waals surface area contributed by atoms with E-state index in [2.05, 4.69) is 11.9 Å². The van der Waals surface area contributed by atoms with Gasteiger partial charge in [0.25, 0.3) is 0 Å². The first-order valence-electron chi connectivity index (χ1n) is 5.07. The second-order valence-electron chi connectivity index (χ2n) is 4.21. The Morgan fingerprint density at radius 3 is 2.93 bits per heavy atom. The van der Waals surface area contributed by atoms with Crippen LogP contribution in [-0.2, 0) is 0 Å². The summed E-state index contributed by atoms with van der Waals surface area (Å²) in [6.45, 7) is 2.19. The summed E-state index contributed by atoms with van der Waals surface area (Å²) in [5.41, 5.74) is 1.41. The number of hydrogen-bond donors (Lipinski definition) is 1. The van der Waals surface area contributed by atoms with Crippen molar-refractivity contribution in [1.29, 1.82) is 0 Å². The molecule has 2 atom stereocenters. The molecule has 2 unspecified atom stereocenters. The van der Waals surface area contributed by atoms with Crippen molar-refractivity contribution >= 4 is 23.3 Å². The molecule has 3 rings (SSSR count). The van der Waals surface area contributed by atoms with Crippen molar-refractivity contribution in [2.75, 3.05) is 0 Å². The van der Waals surface area contributed by atoms with Gasteiger partial charge < -0.3 is 9.55 Å².